The van der Waals surface area contributed by atoms with Gasteiger partial charge < -0.3 is 24.6 Å². The smallest absolute Gasteiger partial charge is 0.236 e. The van der Waals surface area contributed by atoms with Gasteiger partial charge in [-0.05, 0) is 25.7 Å². The van der Waals surface area contributed by atoms with Crippen molar-refractivity contribution in [3.05, 3.63) is 22.9 Å². The lowest BCUT2D eigenvalue weighted by atomic mass is 9.69. The third-order valence-corrected chi connectivity index (χ3v) is 5.03. The zero-order valence-corrected chi connectivity index (χ0v) is 16.0. The quantitative estimate of drug-likeness (QED) is 0.740. The first-order valence-corrected chi connectivity index (χ1v) is 8.71. The second kappa shape index (κ2) is 7.09. The van der Waals surface area contributed by atoms with Crippen LogP contribution < -0.4 is 5.32 Å². The molecule has 144 valence electrons. The topological polar surface area (TPSA) is 66.9 Å². The first-order valence-electron chi connectivity index (χ1n) is 8.71. The second-order valence-electron chi connectivity index (χ2n) is 7.43. The van der Waals surface area contributed by atoms with E-state index >= 15 is 4.39 Å². The number of methoxy groups -OCH3 is 2. The summed E-state index contributed by atoms with van der Waals surface area (Å²) in [7, 11) is 8.47. The number of hydrogen-bond donors (Lipinski definition) is 1. The number of alkyl halides is 1. The Kier molecular flexibility index (Phi) is 5.18. The minimum absolute atomic E-state index is 0.0261. The number of ether oxygens (including phenoxy) is 2. The van der Waals surface area contributed by atoms with E-state index in [-0.39, 0.29) is 11.9 Å². The number of halogens is 1. The third-order valence-electron chi connectivity index (χ3n) is 5.03. The monoisotopic (exact) mass is 366 g/mol. The molecule has 7 nitrogen and oxygen atoms in total. The molecule has 1 aromatic rings. The van der Waals surface area contributed by atoms with Crippen molar-refractivity contribution >= 4 is 11.7 Å². The number of carbonyl (C=O) groups is 1. The average Bonchev–Trinajstić information content (AvgIpc) is 2.55. The maximum Gasteiger partial charge on any atom is 0.236 e. The second-order valence-corrected chi connectivity index (χ2v) is 7.43. The first kappa shape index (κ1) is 19.0. The van der Waals surface area contributed by atoms with E-state index in [1.807, 2.05) is 25.1 Å². The summed E-state index contributed by atoms with van der Waals surface area (Å²) in [6.45, 7) is 0.615. The van der Waals surface area contributed by atoms with Gasteiger partial charge in [0.2, 0.25) is 12.2 Å². The van der Waals surface area contributed by atoms with Crippen LogP contribution in [0.2, 0.25) is 0 Å². The van der Waals surface area contributed by atoms with Gasteiger partial charge in [-0.25, -0.2) is 9.37 Å². The molecule has 0 aromatic carbocycles. The molecule has 1 aliphatic carbocycles. The van der Waals surface area contributed by atoms with Crippen LogP contribution in [0.4, 0.5) is 10.2 Å². The van der Waals surface area contributed by atoms with Gasteiger partial charge in [0.1, 0.15) is 17.2 Å². The molecule has 2 bridgehead atoms. The summed E-state index contributed by atoms with van der Waals surface area (Å²) in [6.07, 6.45) is 0.255. The van der Waals surface area contributed by atoms with Gasteiger partial charge in [0.15, 0.2) is 0 Å². The summed E-state index contributed by atoms with van der Waals surface area (Å²) in [5, 5.41) is 3.27. The fourth-order valence-electron chi connectivity index (χ4n) is 3.64. The summed E-state index contributed by atoms with van der Waals surface area (Å²) >= 11 is 0. The van der Waals surface area contributed by atoms with E-state index in [0.717, 1.165) is 5.56 Å². The van der Waals surface area contributed by atoms with Crippen LogP contribution in [-0.4, -0.2) is 68.6 Å². The highest BCUT2D eigenvalue weighted by molar-refractivity contribution is 5.78. The maximum absolute atomic E-state index is 15.0. The van der Waals surface area contributed by atoms with Gasteiger partial charge in [0, 0.05) is 52.3 Å². The molecular formula is C18H27FN4O3. The van der Waals surface area contributed by atoms with Crippen LogP contribution in [-0.2, 0) is 26.5 Å². The van der Waals surface area contributed by atoms with Gasteiger partial charge in [0.05, 0.1) is 6.54 Å². The van der Waals surface area contributed by atoms with Gasteiger partial charge in [-0.3, -0.25) is 4.79 Å². The van der Waals surface area contributed by atoms with Crippen LogP contribution in [0.15, 0.2) is 6.07 Å². The number of likely N-dealkylation sites (N-methyl/N-ethyl adjacent to an activating group) is 2. The van der Waals surface area contributed by atoms with Crippen molar-refractivity contribution in [1.82, 2.24) is 14.8 Å². The molecule has 1 fully saturated rings. The van der Waals surface area contributed by atoms with Crippen molar-refractivity contribution in [3.63, 3.8) is 0 Å². The van der Waals surface area contributed by atoms with Crippen LogP contribution in [0.1, 0.15) is 36.0 Å². The fraction of sp³-hybridized carbons (Fsp3) is 0.667. The van der Waals surface area contributed by atoms with E-state index in [4.69, 9.17) is 9.47 Å². The number of carbonyl (C=O) groups excluding carboxylic acids is 1. The Bertz CT molecular complexity index is 687. The Hall–Kier alpha value is -1.77. The number of aromatic nitrogens is 1. The van der Waals surface area contributed by atoms with Gasteiger partial charge in [-0.2, -0.15) is 0 Å². The molecule has 4 rings (SSSR count). The zero-order valence-electron chi connectivity index (χ0n) is 16.0. The molecule has 3 aliphatic rings. The molecule has 1 saturated carbocycles. The number of nitrogens with one attached hydrogen (secondary N) is 1. The Morgan fingerprint density at radius 2 is 2.04 bits per heavy atom. The maximum atomic E-state index is 15.0. The summed E-state index contributed by atoms with van der Waals surface area (Å²) < 4.78 is 25.8. The van der Waals surface area contributed by atoms with Crippen molar-refractivity contribution in [3.8, 4) is 0 Å². The standard InChI is InChI=1S/C18H27FN4O3/c1-22(2)10-14(24)23(3)9-11-6-13-16(20-12-7-18(13,19)8-12)21-15(11)17(25-4)26-5/h6,12,17H,7-10H2,1-5H3,(H,20,21). The van der Waals surface area contributed by atoms with E-state index in [1.165, 1.54) is 14.2 Å². The Balaban J connectivity index is 1.95. The predicted molar refractivity (Wildman–Crippen MR) is 95.5 cm³/mol. The van der Waals surface area contributed by atoms with Crippen LogP contribution in [0, 0.1) is 0 Å². The molecule has 26 heavy (non-hydrogen) atoms. The predicted octanol–water partition coefficient (Wildman–Crippen LogP) is 1.65. The molecular weight excluding hydrogens is 339 g/mol. The van der Waals surface area contributed by atoms with Crippen LogP contribution in [0.5, 0.6) is 0 Å². The van der Waals surface area contributed by atoms with Crippen LogP contribution in [0.3, 0.4) is 0 Å². The fourth-order valence-corrected chi connectivity index (χ4v) is 3.64. The zero-order chi connectivity index (χ0) is 19.1. The molecule has 0 radical (unpaired) electrons. The van der Waals surface area contributed by atoms with Gasteiger partial charge in [-0.1, -0.05) is 0 Å². The van der Waals surface area contributed by atoms with Gasteiger partial charge >= 0.3 is 0 Å². The van der Waals surface area contributed by atoms with E-state index in [1.54, 1.807) is 11.9 Å². The molecule has 0 atom stereocenters. The minimum Gasteiger partial charge on any atom is -0.367 e. The van der Waals surface area contributed by atoms with Crippen molar-refractivity contribution in [2.75, 3.05) is 47.2 Å². The van der Waals surface area contributed by atoms with E-state index in [2.05, 4.69) is 10.3 Å². The summed E-state index contributed by atoms with van der Waals surface area (Å²) in [6, 6.07) is 1.94. The molecule has 0 unspecified atom stereocenters. The highest BCUT2D eigenvalue weighted by Gasteiger charge is 2.52. The molecule has 2 aliphatic heterocycles. The number of pyridine rings is 1. The lowest BCUT2D eigenvalue weighted by Gasteiger charge is -2.48. The van der Waals surface area contributed by atoms with Crippen molar-refractivity contribution in [2.24, 2.45) is 0 Å². The molecule has 1 amide bonds. The Morgan fingerprint density at radius 3 is 2.62 bits per heavy atom. The number of amides is 1. The minimum atomic E-state index is -1.33. The number of rotatable bonds is 7. The number of anilines is 1. The Labute approximate surface area is 153 Å². The lowest BCUT2D eigenvalue weighted by molar-refractivity contribution is -0.131. The first-order chi connectivity index (χ1) is 12.3. The number of hydrogen-bond acceptors (Lipinski definition) is 6. The number of nitrogens with zero attached hydrogens (tertiary/aromatic N) is 3. The molecule has 3 heterocycles. The van der Waals surface area contributed by atoms with Crippen molar-refractivity contribution in [2.45, 2.75) is 37.4 Å². The third kappa shape index (κ3) is 3.41. The van der Waals surface area contributed by atoms with Crippen molar-refractivity contribution < 1.29 is 18.7 Å². The summed E-state index contributed by atoms with van der Waals surface area (Å²) in [4.78, 5) is 20.3. The SMILES string of the molecule is COC(OC)c1nc2c(cc1CN(C)C(=O)CN(C)C)C1(F)CC(C1)N2. The highest BCUT2D eigenvalue weighted by atomic mass is 19.1. The van der Waals surface area contributed by atoms with E-state index < -0.39 is 12.0 Å². The molecule has 0 saturated heterocycles. The molecule has 0 spiro atoms. The highest BCUT2D eigenvalue weighted by Crippen LogP contribution is 2.53. The van der Waals surface area contributed by atoms with Gasteiger partial charge in [-0.15, -0.1) is 0 Å². The molecule has 1 N–H and O–H groups in total. The van der Waals surface area contributed by atoms with Crippen LogP contribution >= 0.6 is 0 Å². The molecule has 8 heteroatoms. The van der Waals surface area contributed by atoms with Gasteiger partial charge in [0.25, 0.3) is 0 Å². The van der Waals surface area contributed by atoms with E-state index in [9.17, 15) is 4.79 Å². The molecule has 1 aromatic heterocycles. The van der Waals surface area contributed by atoms with Crippen molar-refractivity contribution in [1.29, 1.82) is 0 Å². The normalized spacial score (nSPS) is 23.5. The average molecular weight is 366 g/mol. The lowest BCUT2D eigenvalue weighted by Crippen LogP contribution is -2.50. The summed E-state index contributed by atoms with van der Waals surface area (Å²) in [5.74, 6) is 0.525. The van der Waals surface area contributed by atoms with E-state index in [0.29, 0.717) is 43.0 Å². The largest absolute Gasteiger partial charge is 0.367 e. The van der Waals surface area contributed by atoms with Crippen LogP contribution in [0.25, 0.3) is 0 Å². The Morgan fingerprint density at radius 1 is 1.38 bits per heavy atom. The summed E-state index contributed by atoms with van der Waals surface area (Å²) in [5.41, 5.74) is 0.540.